The van der Waals surface area contributed by atoms with Gasteiger partial charge in [-0.3, -0.25) is 9.59 Å². The molecule has 174 valence electrons. The summed E-state index contributed by atoms with van der Waals surface area (Å²) < 4.78 is 5.12. The number of alkyl carbamates (subject to hydrolysis) is 1. The molecule has 4 N–H and O–H groups in total. The Balaban J connectivity index is 2.70. The lowest BCUT2D eigenvalue weighted by molar-refractivity contribution is -0.154. The number of hydrogen-bond donors (Lipinski definition) is 4. The molecule has 8 nitrogen and oxygen atoms in total. The number of ether oxygens (including phenoxy) is 1. The number of hydrogen-bond acceptors (Lipinski definition) is 5. The summed E-state index contributed by atoms with van der Waals surface area (Å²) in [5.41, 5.74) is -1.72. The molecule has 0 bridgehead atoms. The van der Waals surface area contributed by atoms with Crippen molar-refractivity contribution in [2.45, 2.75) is 79.7 Å². The third kappa shape index (κ3) is 7.15. The molecule has 0 aromatic rings. The molecule has 1 rings (SSSR count). The summed E-state index contributed by atoms with van der Waals surface area (Å²) in [6.45, 7) is 11.3. The molecule has 2 amide bonds. The normalized spacial score (nSPS) is 26.2. The maximum atomic E-state index is 12.4. The Labute approximate surface area is 180 Å². The summed E-state index contributed by atoms with van der Waals surface area (Å²) in [5, 5.41) is 24.7. The lowest BCUT2D eigenvalue weighted by Gasteiger charge is -2.47. The summed E-state index contributed by atoms with van der Waals surface area (Å²) in [6.07, 6.45) is 2.73. The minimum absolute atomic E-state index is 0.00352. The van der Waals surface area contributed by atoms with Crippen molar-refractivity contribution in [1.82, 2.24) is 10.6 Å². The van der Waals surface area contributed by atoms with E-state index < -0.39 is 30.7 Å². The Morgan fingerprint density at radius 1 is 1.20 bits per heavy atom. The van der Waals surface area contributed by atoms with Crippen LogP contribution in [0.4, 0.5) is 4.79 Å². The molecule has 0 radical (unpaired) electrons. The molecule has 4 unspecified atom stereocenters. The molecule has 1 aliphatic rings. The molecule has 1 fully saturated rings. The van der Waals surface area contributed by atoms with Gasteiger partial charge >= 0.3 is 12.1 Å². The van der Waals surface area contributed by atoms with Gasteiger partial charge in [-0.25, -0.2) is 4.79 Å². The molecular formula is C22H40N2O6. The van der Waals surface area contributed by atoms with Crippen molar-refractivity contribution in [3.8, 4) is 0 Å². The Kier molecular flexibility index (Phi) is 9.14. The smallest absolute Gasteiger partial charge is 0.407 e. The molecule has 0 aromatic heterocycles. The van der Waals surface area contributed by atoms with Crippen LogP contribution in [0.2, 0.25) is 0 Å². The number of aliphatic hydroxyl groups excluding tert-OH is 1. The molecule has 0 saturated heterocycles. The first-order chi connectivity index (χ1) is 13.8. The van der Waals surface area contributed by atoms with Gasteiger partial charge < -0.3 is 25.6 Å². The van der Waals surface area contributed by atoms with Gasteiger partial charge in [0, 0.05) is 18.5 Å². The highest BCUT2D eigenvalue weighted by atomic mass is 16.6. The number of carbonyl (C=O) groups is 3. The van der Waals surface area contributed by atoms with Crippen molar-refractivity contribution in [2.75, 3.05) is 19.8 Å². The lowest BCUT2D eigenvalue weighted by atomic mass is 9.62. The van der Waals surface area contributed by atoms with Crippen molar-refractivity contribution < 1.29 is 29.3 Å². The highest BCUT2D eigenvalue weighted by molar-refractivity contribution is 5.78. The first-order valence-electron chi connectivity index (χ1n) is 10.9. The van der Waals surface area contributed by atoms with Crippen LogP contribution in [0, 0.1) is 22.2 Å². The van der Waals surface area contributed by atoms with Gasteiger partial charge in [-0.2, -0.15) is 0 Å². The lowest BCUT2D eigenvalue weighted by Crippen LogP contribution is -2.51. The van der Waals surface area contributed by atoms with Crippen LogP contribution >= 0.6 is 0 Å². The number of aliphatic hydroxyl groups is 1. The van der Waals surface area contributed by atoms with Crippen molar-refractivity contribution in [3.63, 3.8) is 0 Å². The van der Waals surface area contributed by atoms with Gasteiger partial charge in [0.15, 0.2) is 0 Å². The van der Waals surface area contributed by atoms with Gasteiger partial charge in [-0.15, -0.1) is 0 Å². The molecule has 8 heteroatoms. The van der Waals surface area contributed by atoms with Crippen LogP contribution in [0.5, 0.6) is 0 Å². The first kappa shape index (κ1) is 26.2. The largest absolute Gasteiger partial charge is 0.481 e. The molecule has 0 heterocycles. The maximum absolute atomic E-state index is 12.4. The predicted molar refractivity (Wildman–Crippen MR) is 114 cm³/mol. The minimum atomic E-state index is -1.49. The van der Waals surface area contributed by atoms with E-state index in [4.69, 9.17) is 4.74 Å². The van der Waals surface area contributed by atoms with Crippen LogP contribution in [0.25, 0.3) is 0 Å². The van der Waals surface area contributed by atoms with E-state index in [9.17, 15) is 24.6 Å². The Morgan fingerprint density at radius 2 is 1.83 bits per heavy atom. The Morgan fingerprint density at radius 3 is 2.33 bits per heavy atom. The number of carboxylic acid groups (broad SMARTS) is 1. The van der Waals surface area contributed by atoms with E-state index in [-0.39, 0.29) is 35.1 Å². The molecular weight excluding hydrogens is 388 g/mol. The SMILES string of the molecule is CCC(C)C(=O)NC1CC(C)(C)CC(C)(CNC(=O)OCC(CC)(CO)C(=O)O)C1. The van der Waals surface area contributed by atoms with Crippen LogP contribution in [0.15, 0.2) is 0 Å². The van der Waals surface area contributed by atoms with E-state index >= 15 is 0 Å². The zero-order valence-electron chi connectivity index (χ0n) is 19.3. The molecule has 0 spiro atoms. The summed E-state index contributed by atoms with van der Waals surface area (Å²) in [4.78, 5) is 36.0. The second kappa shape index (κ2) is 10.5. The third-order valence-electron chi connectivity index (χ3n) is 6.42. The average molecular weight is 429 g/mol. The number of carbonyl (C=O) groups excluding carboxylic acids is 2. The van der Waals surface area contributed by atoms with Crippen molar-refractivity contribution >= 4 is 18.0 Å². The molecule has 4 atom stereocenters. The van der Waals surface area contributed by atoms with E-state index in [1.165, 1.54) is 0 Å². The Hall–Kier alpha value is -1.83. The van der Waals surface area contributed by atoms with E-state index in [2.05, 4.69) is 31.4 Å². The maximum Gasteiger partial charge on any atom is 0.407 e. The van der Waals surface area contributed by atoms with Crippen molar-refractivity contribution in [2.24, 2.45) is 22.2 Å². The summed E-state index contributed by atoms with van der Waals surface area (Å²) >= 11 is 0. The summed E-state index contributed by atoms with van der Waals surface area (Å²) in [6, 6.07) is 0.0345. The monoisotopic (exact) mass is 428 g/mol. The number of amides is 2. The van der Waals surface area contributed by atoms with Crippen LogP contribution in [-0.2, 0) is 14.3 Å². The fourth-order valence-electron chi connectivity index (χ4n) is 4.48. The zero-order chi connectivity index (χ0) is 23.2. The van der Waals surface area contributed by atoms with E-state index in [0.717, 1.165) is 25.7 Å². The highest BCUT2D eigenvalue weighted by Gasteiger charge is 2.42. The first-order valence-corrected chi connectivity index (χ1v) is 10.9. The molecule has 1 saturated carbocycles. The minimum Gasteiger partial charge on any atom is -0.481 e. The third-order valence-corrected chi connectivity index (χ3v) is 6.42. The summed E-state index contributed by atoms with van der Waals surface area (Å²) in [5.74, 6) is -1.17. The average Bonchev–Trinajstić information content (AvgIpc) is 2.65. The highest BCUT2D eigenvalue weighted by Crippen LogP contribution is 2.45. The van der Waals surface area contributed by atoms with E-state index in [0.29, 0.717) is 6.54 Å². The van der Waals surface area contributed by atoms with Crippen molar-refractivity contribution in [3.05, 3.63) is 0 Å². The predicted octanol–water partition coefficient (Wildman–Crippen LogP) is 2.93. The number of nitrogens with one attached hydrogen (secondary N) is 2. The van der Waals surface area contributed by atoms with Crippen molar-refractivity contribution in [1.29, 1.82) is 0 Å². The summed E-state index contributed by atoms with van der Waals surface area (Å²) in [7, 11) is 0. The number of rotatable bonds is 10. The van der Waals surface area contributed by atoms with Crippen LogP contribution < -0.4 is 10.6 Å². The van der Waals surface area contributed by atoms with Gasteiger partial charge in [0.1, 0.15) is 12.0 Å². The number of carboxylic acids is 1. The van der Waals surface area contributed by atoms with Crippen LogP contribution in [0.1, 0.15) is 73.6 Å². The Bertz CT molecular complexity index is 617. The van der Waals surface area contributed by atoms with E-state index in [1.54, 1.807) is 6.92 Å². The molecule has 1 aliphatic carbocycles. The molecule has 30 heavy (non-hydrogen) atoms. The second-order valence-corrected chi connectivity index (χ2v) is 10.1. The fraction of sp³-hybridized carbons (Fsp3) is 0.864. The van der Waals surface area contributed by atoms with Crippen LogP contribution in [0.3, 0.4) is 0 Å². The second-order valence-electron chi connectivity index (χ2n) is 10.1. The molecule has 0 aliphatic heterocycles. The quantitative estimate of drug-likeness (QED) is 0.424. The van der Waals surface area contributed by atoms with Gasteiger partial charge in [0.05, 0.1) is 6.61 Å². The molecule has 0 aromatic carbocycles. The van der Waals surface area contributed by atoms with Gasteiger partial charge in [-0.05, 0) is 42.9 Å². The number of aliphatic carboxylic acids is 1. The standard InChI is InChI=1S/C22H40N2O6/c1-7-15(3)17(26)24-16-9-20(4,5)11-21(6,10-16)12-23-19(29)30-14-22(8-2,13-25)18(27)28/h15-16,25H,7-14H2,1-6H3,(H,23,29)(H,24,26)(H,27,28). The fourth-order valence-corrected chi connectivity index (χ4v) is 4.48. The van der Waals surface area contributed by atoms with E-state index in [1.807, 2.05) is 13.8 Å². The van der Waals surface area contributed by atoms with Gasteiger partial charge in [-0.1, -0.05) is 41.5 Å². The topological polar surface area (TPSA) is 125 Å². The van der Waals surface area contributed by atoms with Crippen LogP contribution in [-0.4, -0.2) is 54.0 Å². The van der Waals surface area contributed by atoms with Gasteiger partial charge in [0.25, 0.3) is 0 Å². The zero-order valence-corrected chi connectivity index (χ0v) is 19.3. The van der Waals surface area contributed by atoms with Gasteiger partial charge in [0.2, 0.25) is 5.91 Å².